The lowest BCUT2D eigenvalue weighted by molar-refractivity contribution is 1.05. The molecule has 2 rings (SSSR count). The molecule has 2 heterocycles. The number of aromatic nitrogens is 2. The standard InChI is InChI=1S/C6H8N2.C3H3NS/c7-4-6-2-1-3-8-5-6;1-2-5-3-4-1/h1-3,5H,4,7H2;1-3H. The van der Waals surface area contributed by atoms with Crippen molar-refractivity contribution in [3.63, 3.8) is 0 Å². The smallest absolute Gasteiger partial charge is 0.0791 e. The van der Waals surface area contributed by atoms with E-state index in [1.165, 1.54) is 0 Å². The summed E-state index contributed by atoms with van der Waals surface area (Å²) in [6.45, 7) is 0.577. The van der Waals surface area contributed by atoms with Gasteiger partial charge in [-0.2, -0.15) is 0 Å². The van der Waals surface area contributed by atoms with Crippen LogP contribution in [-0.2, 0) is 6.54 Å². The summed E-state index contributed by atoms with van der Waals surface area (Å²) >= 11 is 1.60. The molecule has 2 aromatic rings. The summed E-state index contributed by atoms with van der Waals surface area (Å²) in [4.78, 5) is 7.62. The lowest BCUT2D eigenvalue weighted by atomic mass is 10.3. The zero-order chi connectivity index (χ0) is 9.36. The maximum absolute atomic E-state index is 5.31. The molecule has 0 unspecified atom stereocenters. The topological polar surface area (TPSA) is 51.8 Å². The van der Waals surface area contributed by atoms with E-state index in [4.69, 9.17) is 5.73 Å². The predicted octanol–water partition coefficient (Wildman–Crippen LogP) is 1.68. The SMILES string of the molecule is NCc1cccnc1.c1cscn1. The van der Waals surface area contributed by atoms with Gasteiger partial charge in [-0.05, 0) is 11.6 Å². The molecule has 0 radical (unpaired) electrons. The van der Waals surface area contributed by atoms with E-state index in [1.807, 2.05) is 17.5 Å². The van der Waals surface area contributed by atoms with E-state index in [1.54, 1.807) is 35.4 Å². The summed E-state index contributed by atoms with van der Waals surface area (Å²) < 4.78 is 0. The zero-order valence-corrected chi connectivity index (χ0v) is 7.95. The largest absolute Gasteiger partial charge is 0.326 e. The number of thiazole rings is 1. The van der Waals surface area contributed by atoms with Crippen molar-refractivity contribution >= 4 is 11.3 Å². The second-order valence-corrected chi connectivity index (χ2v) is 3.00. The fourth-order valence-electron chi connectivity index (χ4n) is 0.695. The van der Waals surface area contributed by atoms with Crippen molar-refractivity contribution in [2.24, 2.45) is 5.73 Å². The fourth-order valence-corrected chi connectivity index (χ4v) is 1.05. The van der Waals surface area contributed by atoms with Gasteiger partial charge in [0.1, 0.15) is 0 Å². The van der Waals surface area contributed by atoms with Crippen LogP contribution in [0.4, 0.5) is 0 Å². The van der Waals surface area contributed by atoms with Crippen LogP contribution in [0, 0.1) is 0 Å². The number of rotatable bonds is 1. The Hall–Kier alpha value is -1.26. The molecule has 0 fully saturated rings. The highest BCUT2D eigenvalue weighted by Crippen LogP contribution is 1.90. The fraction of sp³-hybridized carbons (Fsp3) is 0.111. The first-order valence-corrected chi connectivity index (χ1v) is 4.79. The molecule has 3 nitrogen and oxygen atoms in total. The van der Waals surface area contributed by atoms with Crippen LogP contribution in [0.15, 0.2) is 41.6 Å². The normalized spacial score (nSPS) is 8.69. The molecule has 0 aliphatic heterocycles. The van der Waals surface area contributed by atoms with Gasteiger partial charge in [0.25, 0.3) is 0 Å². The van der Waals surface area contributed by atoms with Crippen molar-refractivity contribution in [3.8, 4) is 0 Å². The third-order valence-corrected chi connectivity index (χ3v) is 1.83. The van der Waals surface area contributed by atoms with Gasteiger partial charge in [0.05, 0.1) is 5.51 Å². The van der Waals surface area contributed by atoms with E-state index in [-0.39, 0.29) is 0 Å². The average Bonchev–Trinajstić information content (AvgIpc) is 2.77. The summed E-state index contributed by atoms with van der Waals surface area (Å²) in [5, 5.41) is 1.93. The third-order valence-electron chi connectivity index (χ3n) is 1.31. The van der Waals surface area contributed by atoms with Gasteiger partial charge < -0.3 is 5.73 Å². The Morgan fingerprint density at radius 3 is 2.54 bits per heavy atom. The van der Waals surface area contributed by atoms with Gasteiger partial charge in [0.15, 0.2) is 0 Å². The molecule has 0 aliphatic carbocycles. The van der Waals surface area contributed by atoms with Crippen LogP contribution in [0.5, 0.6) is 0 Å². The Labute approximate surface area is 81.3 Å². The Kier molecular flexibility index (Phi) is 4.74. The lowest BCUT2D eigenvalue weighted by Crippen LogP contribution is -1.95. The molecule has 0 aromatic carbocycles. The van der Waals surface area contributed by atoms with Crippen LogP contribution in [0.25, 0.3) is 0 Å². The Morgan fingerprint density at radius 2 is 2.23 bits per heavy atom. The molecule has 0 aliphatic rings. The van der Waals surface area contributed by atoms with Crippen LogP contribution in [-0.4, -0.2) is 9.97 Å². The molecule has 2 aromatic heterocycles. The highest BCUT2D eigenvalue weighted by molar-refractivity contribution is 7.07. The summed E-state index contributed by atoms with van der Waals surface area (Å²) in [5.74, 6) is 0. The molecular weight excluding hydrogens is 182 g/mol. The number of hydrogen-bond donors (Lipinski definition) is 1. The van der Waals surface area contributed by atoms with Crippen LogP contribution in [0.2, 0.25) is 0 Å². The molecule has 68 valence electrons. The van der Waals surface area contributed by atoms with Gasteiger partial charge in [-0.1, -0.05) is 6.07 Å². The van der Waals surface area contributed by atoms with Crippen molar-refractivity contribution in [2.75, 3.05) is 0 Å². The average molecular weight is 193 g/mol. The first kappa shape index (κ1) is 9.83. The number of hydrogen-bond acceptors (Lipinski definition) is 4. The minimum Gasteiger partial charge on any atom is -0.326 e. The van der Waals surface area contributed by atoms with Gasteiger partial charge in [-0.25, -0.2) is 0 Å². The third kappa shape index (κ3) is 4.35. The van der Waals surface area contributed by atoms with Crippen molar-refractivity contribution in [2.45, 2.75) is 6.54 Å². The van der Waals surface area contributed by atoms with E-state index in [9.17, 15) is 0 Å². The molecule has 0 saturated heterocycles. The molecule has 0 amide bonds. The lowest BCUT2D eigenvalue weighted by Gasteiger charge is -1.89. The van der Waals surface area contributed by atoms with Crippen LogP contribution in [0.3, 0.4) is 0 Å². The monoisotopic (exact) mass is 193 g/mol. The van der Waals surface area contributed by atoms with Crippen molar-refractivity contribution in [1.29, 1.82) is 0 Å². The molecule has 4 heteroatoms. The molecular formula is C9H11N3S. The second kappa shape index (κ2) is 6.28. The van der Waals surface area contributed by atoms with Gasteiger partial charge in [-0.3, -0.25) is 9.97 Å². The van der Waals surface area contributed by atoms with Crippen LogP contribution < -0.4 is 5.73 Å². The highest BCUT2D eigenvalue weighted by Gasteiger charge is 1.81. The molecule has 13 heavy (non-hydrogen) atoms. The minimum atomic E-state index is 0.577. The van der Waals surface area contributed by atoms with Gasteiger partial charge in [0, 0.05) is 30.5 Å². The van der Waals surface area contributed by atoms with E-state index in [0.29, 0.717) is 6.54 Å². The van der Waals surface area contributed by atoms with E-state index >= 15 is 0 Å². The minimum absolute atomic E-state index is 0.577. The first-order chi connectivity index (χ1) is 6.43. The summed E-state index contributed by atoms with van der Waals surface area (Å²) in [7, 11) is 0. The summed E-state index contributed by atoms with van der Waals surface area (Å²) in [6, 6.07) is 3.83. The zero-order valence-electron chi connectivity index (χ0n) is 7.13. The molecule has 0 bridgehead atoms. The predicted molar refractivity (Wildman–Crippen MR) is 54.2 cm³/mol. The Balaban J connectivity index is 0.000000145. The van der Waals surface area contributed by atoms with E-state index in [0.717, 1.165) is 5.56 Å². The number of pyridine rings is 1. The highest BCUT2D eigenvalue weighted by atomic mass is 32.1. The number of nitrogens with zero attached hydrogens (tertiary/aromatic N) is 2. The van der Waals surface area contributed by atoms with Gasteiger partial charge in [0.2, 0.25) is 0 Å². The maximum atomic E-state index is 5.31. The molecule has 0 spiro atoms. The quantitative estimate of drug-likeness (QED) is 0.749. The van der Waals surface area contributed by atoms with Gasteiger partial charge >= 0.3 is 0 Å². The molecule has 0 atom stereocenters. The van der Waals surface area contributed by atoms with Crippen LogP contribution in [0.1, 0.15) is 5.56 Å². The number of nitrogens with two attached hydrogens (primary N) is 1. The first-order valence-electron chi connectivity index (χ1n) is 3.84. The molecule has 0 saturated carbocycles. The van der Waals surface area contributed by atoms with Crippen molar-refractivity contribution in [1.82, 2.24) is 9.97 Å². The van der Waals surface area contributed by atoms with Crippen molar-refractivity contribution in [3.05, 3.63) is 47.2 Å². The van der Waals surface area contributed by atoms with E-state index < -0.39 is 0 Å². The van der Waals surface area contributed by atoms with E-state index in [2.05, 4.69) is 9.97 Å². The van der Waals surface area contributed by atoms with Gasteiger partial charge in [-0.15, -0.1) is 11.3 Å². The molecule has 2 N–H and O–H groups in total. The summed E-state index contributed by atoms with van der Waals surface area (Å²) in [5.41, 5.74) is 8.18. The Morgan fingerprint density at radius 1 is 1.31 bits per heavy atom. The van der Waals surface area contributed by atoms with Crippen LogP contribution >= 0.6 is 11.3 Å². The Bertz CT molecular complexity index is 277. The summed E-state index contributed by atoms with van der Waals surface area (Å²) in [6.07, 6.45) is 5.27. The maximum Gasteiger partial charge on any atom is 0.0791 e. The second-order valence-electron chi connectivity index (χ2n) is 2.24. The van der Waals surface area contributed by atoms with Crippen molar-refractivity contribution < 1.29 is 0 Å².